The molecule has 0 bridgehead atoms. The molecule has 1 aromatic carbocycles. The van der Waals surface area contributed by atoms with Gasteiger partial charge in [0.1, 0.15) is 5.78 Å². The summed E-state index contributed by atoms with van der Waals surface area (Å²) in [4.78, 5) is 23.2. The van der Waals surface area contributed by atoms with E-state index in [4.69, 9.17) is 0 Å². The lowest BCUT2D eigenvalue weighted by Gasteiger charge is -2.03. The highest BCUT2D eigenvalue weighted by atomic mass is 79.9. The summed E-state index contributed by atoms with van der Waals surface area (Å²) >= 11 is 3.30. The summed E-state index contributed by atoms with van der Waals surface area (Å²) in [7, 11) is 0. The number of halogens is 1. The molecule has 1 aromatic rings. The number of ketones is 2. The van der Waals surface area contributed by atoms with Gasteiger partial charge in [0.05, 0.1) is 6.42 Å². The van der Waals surface area contributed by atoms with Gasteiger partial charge in [-0.1, -0.05) is 41.9 Å². The van der Waals surface area contributed by atoms with E-state index in [2.05, 4.69) is 15.9 Å². The van der Waals surface area contributed by atoms with Gasteiger partial charge in [-0.05, 0) is 18.1 Å². The number of hydrogen-bond donors (Lipinski definition) is 0. The van der Waals surface area contributed by atoms with Crippen molar-refractivity contribution in [1.29, 1.82) is 0 Å². The average Bonchev–Trinajstić information content (AvgIpc) is 2.16. The standard InChI is InChI=1S/C13H15BrO2/c1-9(2)6-12(15)8-13(16)10-4-3-5-11(14)7-10/h3-5,7,9H,6,8H2,1-2H3. The number of benzene rings is 1. The van der Waals surface area contributed by atoms with Gasteiger partial charge in [0.2, 0.25) is 0 Å². The molecule has 0 aliphatic rings. The Hall–Kier alpha value is -0.960. The van der Waals surface area contributed by atoms with Crippen LogP contribution in [0.5, 0.6) is 0 Å². The summed E-state index contributed by atoms with van der Waals surface area (Å²) in [5.41, 5.74) is 0.589. The summed E-state index contributed by atoms with van der Waals surface area (Å²) < 4.78 is 0.856. The third kappa shape index (κ3) is 4.27. The lowest BCUT2D eigenvalue weighted by atomic mass is 10.0. The second-order valence-electron chi connectivity index (χ2n) is 4.25. The Bertz CT molecular complexity index is 397. The van der Waals surface area contributed by atoms with Crippen molar-refractivity contribution in [2.24, 2.45) is 5.92 Å². The molecule has 0 radical (unpaired) electrons. The Kier molecular flexibility index (Phi) is 4.87. The van der Waals surface area contributed by atoms with Gasteiger partial charge in [-0.3, -0.25) is 9.59 Å². The second-order valence-corrected chi connectivity index (χ2v) is 5.16. The van der Waals surface area contributed by atoms with Crippen molar-refractivity contribution in [3.8, 4) is 0 Å². The van der Waals surface area contributed by atoms with Crippen LogP contribution in [-0.4, -0.2) is 11.6 Å². The number of carbonyl (C=O) groups excluding carboxylic acids is 2. The molecule has 0 unspecified atom stereocenters. The van der Waals surface area contributed by atoms with Crippen molar-refractivity contribution in [2.75, 3.05) is 0 Å². The fourth-order valence-corrected chi connectivity index (χ4v) is 1.87. The van der Waals surface area contributed by atoms with Crippen LogP contribution in [0.4, 0.5) is 0 Å². The molecule has 0 saturated carbocycles. The van der Waals surface area contributed by atoms with Crippen LogP contribution in [0.3, 0.4) is 0 Å². The van der Waals surface area contributed by atoms with E-state index in [9.17, 15) is 9.59 Å². The monoisotopic (exact) mass is 282 g/mol. The molecule has 0 spiro atoms. The highest BCUT2D eigenvalue weighted by Gasteiger charge is 2.12. The molecule has 0 fully saturated rings. The van der Waals surface area contributed by atoms with Crippen molar-refractivity contribution in [2.45, 2.75) is 26.7 Å². The Morgan fingerprint density at radius 2 is 2.00 bits per heavy atom. The van der Waals surface area contributed by atoms with Crippen molar-refractivity contribution in [3.05, 3.63) is 34.3 Å². The van der Waals surface area contributed by atoms with Crippen LogP contribution in [-0.2, 0) is 4.79 Å². The SMILES string of the molecule is CC(C)CC(=O)CC(=O)c1cccc(Br)c1. The topological polar surface area (TPSA) is 34.1 Å². The fourth-order valence-electron chi connectivity index (χ4n) is 1.47. The zero-order chi connectivity index (χ0) is 12.1. The van der Waals surface area contributed by atoms with E-state index in [1.165, 1.54) is 0 Å². The Labute approximate surface area is 104 Å². The summed E-state index contributed by atoms with van der Waals surface area (Å²) in [6, 6.07) is 7.12. The van der Waals surface area contributed by atoms with Crippen molar-refractivity contribution < 1.29 is 9.59 Å². The summed E-state index contributed by atoms with van der Waals surface area (Å²) in [5.74, 6) is 0.217. The highest BCUT2D eigenvalue weighted by molar-refractivity contribution is 9.10. The molecule has 2 nitrogen and oxygen atoms in total. The minimum atomic E-state index is -0.105. The van der Waals surface area contributed by atoms with Crippen molar-refractivity contribution in [1.82, 2.24) is 0 Å². The third-order valence-electron chi connectivity index (χ3n) is 2.14. The van der Waals surface area contributed by atoms with E-state index in [-0.39, 0.29) is 18.0 Å². The third-order valence-corrected chi connectivity index (χ3v) is 2.63. The average molecular weight is 283 g/mol. The van der Waals surface area contributed by atoms with E-state index in [1.54, 1.807) is 18.2 Å². The number of hydrogen-bond acceptors (Lipinski definition) is 2. The van der Waals surface area contributed by atoms with E-state index in [0.29, 0.717) is 17.9 Å². The molecule has 0 aromatic heterocycles. The van der Waals surface area contributed by atoms with Gasteiger partial charge in [-0.15, -0.1) is 0 Å². The molecule has 0 amide bonds. The van der Waals surface area contributed by atoms with E-state index >= 15 is 0 Å². The van der Waals surface area contributed by atoms with Gasteiger partial charge < -0.3 is 0 Å². The predicted molar refractivity (Wildman–Crippen MR) is 67.6 cm³/mol. The van der Waals surface area contributed by atoms with Crippen LogP contribution >= 0.6 is 15.9 Å². The lowest BCUT2D eigenvalue weighted by Crippen LogP contribution is -2.10. The molecule has 16 heavy (non-hydrogen) atoms. The van der Waals surface area contributed by atoms with Crippen LogP contribution < -0.4 is 0 Å². The summed E-state index contributed by atoms with van der Waals surface area (Å²) in [5, 5.41) is 0. The van der Waals surface area contributed by atoms with Gasteiger partial charge >= 0.3 is 0 Å². The second kappa shape index (κ2) is 5.94. The first-order valence-electron chi connectivity index (χ1n) is 5.29. The maximum absolute atomic E-state index is 11.7. The maximum Gasteiger partial charge on any atom is 0.170 e. The molecule has 0 saturated heterocycles. The van der Waals surface area contributed by atoms with Crippen molar-refractivity contribution in [3.63, 3.8) is 0 Å². The molecule has 0 atom stereocenters. The summed E-state index contributed by atoms with van der Waals surface area (Å²) in [6.45, 7) is 3.95. The molecule has 0 aliphatic carbocycles. The molecule has 3 heteroatoms. The zero-order valence-electron chi connectivity index (χ0n) is 9.50. The van der Waals surface area contributed by atoms with Gasteiger partial charge in [-0.2, -0.15) is 0 Å². The van der Waals surface area contributed by atoms with Crippen LogP contribution in [0.2, 0.25) is 0 Å². The smallest absolute Gasteiger partial charge is 0.170 e. The zero-order valence-corrected chi connectivity index (χ0v) is 11.1. The Balaban J connectivity index is 2.62. The molecule has 0 N–H and O–H groups in total. The molecule has 0 heterocycles. The van der Waals surface area contributed by atoms with Crippen molar-refractivity contribution >= 4 is 27.5 Å². The highest BCUT2D eigenvalue weighted by Crippen LogP contribution is 2.14. The quantitative estimate of drug-likeness (QED) is 0.610. The van der Waals surface area contributed by atoms with Gasteiger partial charge in [-0.25, -0.2) is 0 Å². The van der Waals surface area contributed by atoms with Crippen LogP contribution in [0.1, 0.15) is 37.0 Å². The van der Waals surface area contributed by atoms with Crippen LogP contribution in [0, 0.1) is 5.92 Å². The minimum absolute atomic E-state index is 0.00856. The van der Waals surface area contributed by atoms with Crippen LogP contribution in [0.15, 0.2) is 28.7 Å². The maximum atomic E-state index is 11.7. The van der Waals surface area contributed by atoms with Gasteiger partial charge in [0, 0.05) is 16.5 Å². The normalized spacial score (nSPS) is 10.5. The van der Waals surface area contributed by atoms with Gasteiger partial charge in [0.25, 0.3) is 0 Å². The molecule has 0 aliphatic heterocycles. The largest absolute Gasteiger partial charge is 0.299 e. The van der Waals surface area contributed by atoms with E-state index < -0.39 is 0 Å². The molecular weight excluding hydrogens is 268 g/mol. The number of carbonyl (C=O) groups is 2. The molecule has 86 valence electrons. The predicted octanol–water partition coefficient (Wildman–Crippen LogP) is 3.64. The van der Waals surface area contributed by atoms with Gasteiger partial charge in [0.15, 0.2) is 5.78 Å². The van der Waals surface area contributed by atoms with E-state index in [0.717, 1.165) is 4.47 Å². The fraction of sp³-hybridized carbons (Fsp3) is 0.385. The first kappa shape index (κ1) is 13.1. The summed E-state index contributed by atoms with van der Waals surface area (Å²) in [6.07, 6.45) is 0.481. The molecular formula is C13H15BrO2. The Morgan fingerprint density at radius 1 is 1.31 bits per heavy atom. The molecule has 1 rings (SSSR count). The van der Waals surface area contributed by atoms with E-state index in [1.807, 2.05) is 19.9 Å². The number of Topliss-reactive ketones (excluding diaryl/α,β-unsaturated/α-hetero) is 2. The van der Waals surface area contributed by atoms with Crippen LogP contribution in [0.25, 0.3) is 0 Å². The lowest BCUT2D eigenvalue weighted by molar-refractivity contribution is -0.118. The first-order valence-corrected chi connectivity index (χ1v) is 6.09. The number of rotatable bonds is 5. The minimum Gasteiger partial charge on any atom is -0.299 e. The Morgan fingerprint density at radius 3 is 2.56 bits per heavy atom. The first-order chi connectivity index (χ1) is 7.49.